The molecule has 6 N–H and O–H groups in total. The van der Waals surface area contributed by atoms with E-state index in [1.807, 2.05) is 75.7 Å². The Kier molecular flexibility index (Phi) is 5.60. The summed E-state index contributed by atoms with van der Waals surface area (Å²) < 4.78 is 2.10. The number of imidazole rings is 1. The van der Waals surface area contributed by atoms with Gasteiger partial charge in [0.25, 0.3) is 0 Å². The monoisotopic (exact) mass is 479 g/mol. The molecule has 0 unspecified atom stereocenters. The van der Waals surface area contributed by atoms with E-state index < -0.39 is 0 Å². The highest BCUT2D eigenvalue weighted by Crippen LogP contribution is 2.34. The van der Waals surface area contributed by atoms with Crippen molar-refractivity contribution in [3.8, 4) is 22.5 Å². The van der Waals surface area contributed by atoms with E-state index in [0.717, 1.165) is 55.8 Å². The molecule has 0 fully saturated rings. The number of anilines is 2. The van der Waals surface area contributed by atoms with Gasteiger partial charge in [0.15, 0.2) is 11.9 Å². The minimum Gasteiger partial charge on any atom is -0.370 e. The summed E-state index contributed by atoms with van der Waals surface area (Å²) in [4.78, 5) is 12.0. The van der Waals surface area contributed by atoms with Gasteiger partial charge < -0.3 is 30.4 Å². The lowest BCUT2D eigenvalue weighted by Gasteiger charge is -2.25. The average Bonchev–Trinajstić information content (AvgIpc) is 3.43. The van der Waals surface area contributed by atoms with Crippen LogP contribution in [-0.2, 0) is 7.05 Å². The van der Waals surface area contributed by atoms with E-state index in [-0.39, 0.29) is 5.96 Å². The summed E-state index contributed by atoms with van der Waals surface area (Å²) in [5.41, 5.74) is 13.3. The maximum atomic E-state index is 8.30. The number of nitrogens with one attached hydrogen (secondary N) is 4. The van der Waals surface area contributed by atoms with E-state index in [9.17, 15) is 0 Å². The van der Waals surface area contributed by atoms with Crippen molar-refractivity contribution in [3.63, 3.8) is 0 Å². The molecule has 0 spiro atoms. The van der Waals surface area contributed by atoms with Gasteiger partial charge in [0, 0.05) is 62.2 Å². The molecule has 182 valence electrons. The zero-order valence-corrected chi connectivity index (χ0v) is 20.7. The summed E-state index contributed by atoms with van der Waals surface area (Å²) in [7, 11) is 7.64. The number of fused-ring (bicyclic) bond motifs is 2. The van der Waals surface area contributed by atoms with Crippen LogP contribution in [0, 0.1) is 10.8 Å². The molecule has 0 aliphatic carbocycles. The Bertz CT molecular complexity index is 1610. The van der Waals surface area contributed by atoms with Crippen LogP contribution in [0.3, 0.4) is 0 Å². The number of H-pyrrole nitrogens is 1. The van der Waals surface area contributed by atoms with E-state index in [1.165, 1.54) is 0 Å². The molecule has 5 rings (SSSR count). The number of guanidine groups is 2. The van der Waals surface area contributed by atoms with E-state index in [1.54, 1.807) is 4.90 Å². The van der Waals surface area contributed by atoms with Gasteiger partial charge in [-0.15, -0.1) is 0 Å². The first kappa shape index (κ1) is 23.0. The third-order valence-electron chi connectivity index (χ3n) is 6.41. The number of rotatable bonds is 4. The molecule has 0 bridgehead atoms. The summed E-state index contributed by atoms with van der Waals surface area (Å²) in [6.07, 6.45) is 2.00. The number of hydrogen-bond acceptors (Lipinski definition) is 3. The van der Waals surface area contributed by atoms with Crippen LogP contribution in [-0.4, -0.2) is 52.5 Å². The number of nitrogens with zero attached hydrogens (tertiary/aromatic N) is 4. The Balaban J connectivity index is 1.55. The topological polar surface area (TPSA) is 126 Å². The van der Waals surface area contributed by atoms with Crippen LogP contribution in [0.1, 0.15) is 0 Å². The lowest BCUT2D eigenvalue weighted by atomic mass is 10.0. The van der Waals surface area contributed by atoms with Gasteiger partial charge in [-0.3, -0.25) is 10.8 Å². The molecule has 0 amide bonds. The van der Waals surface area contributed by atoms with Gasteiger partial charge in [0.1, 0.15) is 5.82 Å². The first-order valence-electron chi connectivity index (χ1n) is 11.5. The lowest BCUT2D eigenvalue weighted by Crippen LogP contribution is -2.37. The van der Waals surface area contributed by atoms with Crippen molar-refractivity contribution < 1.29 is 0 Å². The highest BCUT2D eigenvalue weighted by Gasteiger charge is 2.17. The Labute approximate surface area is 209 Å². The predicted molar refractivity (Wildman–Crippen MR) is 149 cm³/mol. The van der Waals surface area contributed by atoms with E-state index >= 15 is 0 Å². The van der Waals surface area contributed by atoms with Gasteiger partial charge in [-0.25, -0.2) is 4.98 Å². The largest absolute Gasteiger partial charge is 0.370 e. The molecule has 9 heteroatoms. The maximum absolute atomic E-state index is 8.30. The average molecular weight is 480 g/mol. The summed E-state index contributed by atoms with van der Waals surface area (Å²) >= 11 is 0. The first-order valence-corrected chi connectivity index (χ1v) is 11.5. The molecule has 9 nitrogen and oxygen atoms in total. The molecule has 36 heavy (non-hydrogen) atoms. The number of hydrogen-bond donors (Lipinski definition) is 5. The molecule has 5 aromatic rings. The van der Waals surface area contributed by atoms with Crippen molar-refractivity contribution in [1.29, 1.82) is 10.8 Å². The molecule has 2 aromatic heterocycles. The van der Waals surface area contributed by atoms with Gasteiger partial charge in [-0.1, -0.05) is 18.2 Å². The summed E-state index contributed by atoms with van der Waals surface area (Å²) in [5, 5.41) is 19.6. The fraction of sp³-hybridized carbons (Fsp3) is 0.148. The van der Waals surface area contributed by atoms with Crippen molar-refractivity contribution in [3.05, 3.63) is 66.9 Å². The molecule has 3 aromatic carbocycles. The second kappa shape index (κ2) is 8.77. The van der Waals surface area contributed by atoms with Crippen molar-refractivity contribution in [1.82, 2.24) is 19.4 Å². The first-order chi connectivity index (χ1) is 17.2. The number of benzene rings is 3. The fourth-order valence-corrected chi connectivity index (χ4v) is 4.44. The number of aryl methyl sites for hydroxylation is 1. The molecule has 0 saturated heterocycles. The van der Waals surface area contributed by atoms with Crippen LogP contribution >= 0.6 is 0 Å². The molecule has 0 saturated carbocycles. The van der Waals surface area contributed by atoms with Gasteiger partial charge in [0.05, 0.1) is 11.0 Å². The molecule has 0 atom stereocenters. The van der Waals surface area contributed by atoms with E-state index in [2.05, 4.69) is 39.1 Å². The van der Waals surface area contributed by atoms with Crippen LogP contribution in [0.25, 0.3) is 44.5 Å². The van der Waals surface area contributed by atoms with Crippen molar-refractivity contribution in [2.24, 2.45) is 12.8 Å². The quantitative estimate of drug-likeness (QED) is 0.190. The second-order valence-electron chi connectivity index (χ2n) is 9.02. The van der Waals surface area contributed by atoms with Crippen LogP contribution in [0.2, 0.25) is 0 Å². The Morgan fingerprint density at radius 3 is 2.39 bits per heavy atom. The molecule has 2 heterocycles. The van der Waals surface area contributed by atoms with Crippen LogP contribution in [0.5, 0.6) is 0 Å². The SMILES string of the molecule is CN(C)C(=N)N(C)c1ccc2nc(-c3c[nH]c4ccc(-c5ccc(NC(=N)N)cc5)cc34)n(C)c2c1. The second-order valence-corrected chi connectivity index (χ2v) is 9.02. The van der Waals surface area contributed by atoms with Crippen molar-refractivity contribution >= 4 is 45.2 Å². The number of aromatic nitrogens is 3. The minimum absolute atomic E-state index is 0.0849. The zero-order valence-electron chi connectivity index (χ0n) is 20.7. The van der Waals surface area contributed by atoms with Gasteiger partial charge in [-0.2, -0.15) is 0 Å². The minimum atomic E-state index is -0.0849. The van der Waals surface area contributed by atoms with Gasteiger partial charge in [-0.05, 0) is 53.6 Å². The summed E-state index contributed by atoms with van der Waals surface area (Å²) in [5.74, 6) is 1.20. The number of aromatic amines is 1. The van der Waals surface area contributed by atoms with Crippen molar-refractivity contribution in [2.45, 2.75) is 0 Å². The summed E-state index contributed by atoms with van der Waals surface area (Å²) in [6.45, 7) is 0. The lowest BCUT2D eigenvalue weighted by molar-refractivity contribution is 0.603. The highest BCUT2D eigenvalue weighted by molar-refractivity contribution is 5.99. The molecule has 0 radical (unpaired) electrons. The van der Waals surface area contributed by atoms with Gasteiger partial charge in [0.2, 0.25) is 0 Å². The van der Waals surface area contributed by atoms with E-state index in [0.29, 0.717) is 5.96 Å². The fourth-order valence-electron chi connectivity index (χ4n) is 4.44. The van der Waals surface area contributed by atoms with Crippen LogP contribution in [0.15, 0.2) is 66.9 Å². The van der Waals surface area contributed by atoms with Crippen molar-refractivity contribution in [2.75, 3.05) is 31.4 Å². The molecule has 0 aliphatic rings. The molecular formula is C27H29N9. The maximum Gasteiger partial charge on any atom is 0.197 e. The van der Waals surface area contributed by atoms with Gasteiger partial charge >= 0.3 is 0 Å². The Morgan fingerprint density at radius 2 is 1.69 bits per heavy atom. The third kappa shape index (κ3) is 4.00. The van der Waals surface area contributed by atoms with Crippen LogP contribution in [0.4, 0.5) is 11.4 Å². The zero-order chi connectivity index (χ0) is 25.6. The number of nitrogens with two attached hydrogens (primary N) is 1. The predicted octanol–water partition coefficient (Wildman–Crippen LogP) is 4.63. The normalized spacial score (nSPS) is 11.1. The Hall–Kier alpha value is -4.79. The highest BCUT2D eigenvalue weighted by atomic mass is 15.3. The Morgan fingerprint density at radius 1 is 0.972 bits per heavy atom. The molecular weight excluding hydrogens is 450 g/mol. The summed E-state index contributed by atoms with van der Waals surface area (Å²) in [6, 6.07) is 20.3. The molecule has 0 aliphatic heterocycles. The standard InChI is InChI=1S/C27H29N9/c1-34(2)27(30)35(3)19-10-12-23-24(14-19)36(4)25(33-23)21-15-31-22-11-7-17(13-20(21)22)16-5-8-18(9-6-16)32-26(28)29/h5-15,30-31H,1-4H3,(H4,28,29,32). The smallest absolute Gasteiger partial charge is 0.197 e. The van der Waals surface area contributed by atoms with Crippen LogP contribution < -0.4 is 16.0 Å². The third-order valence-corrected chi connectivity index (χ3v) is 6.41. The van der Waals surface area contributed by atoms with E-state index in [4.69, 9.17) is 21.5 Å².